The Bertz CT molecular complexity index is 615. The topological polar surface area (TPSA) is 80.0 Å². The molecule has 0 atom stereocenters. The maximum absolute atomic E-state index is 13.1. The summed E-state index contributed by atoms with van der Waals surface area (Å²) in [5.41, 5.74) is 3.63. The Morgan fingerprint density at radius 2 is 2.16 bits per heavy atom. The molecule has 2 rings (SSSR count). The van der Waals surface area contributed by atoms with Crippen molar-refractivity contribution in [1.29, 1.82) is 0 Å². The zero-order chi connectivity index (χ0) is 13.8. The summed E-state index contributed by atoms with van der Waals surface area (Å²) in [6.07, 6.45) is 1.52. The molecule has 0 aliphatic rings. The van der Waals surface area contributed by atoms with E-state index in [1.165, 1.54) is 18.3 Å². The van der Waals surface area contributed by atoms with E-state index in [0.29, 0.717) is 16.8 Å². The number of hydrogen-bond donors (Lipinski definition) is 3. The number of halogens is 1. The Labute approximate surface area is 109 Å². The van der Waals surface area contributed by atoms with Crippen LogP contribution in [0.4, 0.5) is 15.9 Å². The van der Waals surface area contributed by atoms with E-state index < -0.39 is 0 Å². The average molecular weight is 260 g/mol. The molecule has 5 nitrogen and oxygen atoms in total. The minimum absolute atomic E-state index is 0.277. The van der Waals surface area contributed by atoms with Crippen LogP contribution in [0.15, 0.2) is 36.5 Å². The number of amides is 1. The molecule has 1 amide bonds. The van der Waals surface area contributed by atoms with Gasteiger partial charge >= 0.3 is 0 Å². The standard InChI is InChI=1S/C13H13FN4O/c1-8-7-9(4-5-11(8)14)17-13(19)10-3-2-6-16-12(10)18-15/h2-7H,15H2,1H3,(H,16,18)(H,17,19). The summed E-state index contributed by atoms with van der Waals surface area (Å²) in [6, 6.07) is 7.57. The molecule has 0 fully saturated rings. The van der Waals surface area contributed by atoms with Crippen LogP contribution >= 0.6 is 0 Å². The lowest BCUT2D eigenvalue weighted by Crippen LogP contribution is -2.18. The molecule has 0 saturated carbocycles. The lowest BCUT2D eigenvalue weighted by Gasteiger charge is -2.09. The third-order valence-electron chi connectivity index (χ3n) is 2.60. The molecule has 0 aliphatic heterocycles. The molecule has 0 spiro atoms. The van der Waals surface area contributed by atoms with Crippen LogP contribution in [0.5, 0.6) is 0 Å². The highest BCUT2D eigenvalue weighted by Crippen LogP contribution is 2.16. The first kappa shape index (κ1) is 13.0. The number of nitrogens with one attached hydrogen (secondary N) is 2. The first-order valence-corrected chi connectivity index (χ1v) is 5.61. The van der Waals surface area contributed by atoms with Crippen LogP contribution in [0.25, 0.3) is 0 Å². The Kier molecular flexibility index (Phi) is 3.72. The molecule has 0 aliphatic carbocycles. The molecule has 0 saturated heterocycles. The molecular formula is C13H13FN4O. The Hall–Kier alpha value is -2.47. The average Bonchev–Trinajstić information content (AvgIpc) is 2.43. The van der Waals surface area contributed by atoms with Crippen LogP contribution in [-0.4, -0.2) is 10.9 Å². The summed E-state index contributed by atoms with van der Waals surface area (Å²) in [5.74, 6) is 4.88. The van der Waals surface area contributed by atoms with Gasteiger partial charge in [0.2, 0.25) is 0 Å². The van der Waals surface area contributed by atoms with Gasteiger partial charge in [-0.1, -0.05) is 0 Å². The van der Waals surface area contributed by atoms with E-state index in [0.717, 1.165) is 0 Å². The Balaban J connectivity index is 2.23. The SMILES string of the molecule is Cc1cc(NC(=O)c2cccnc2NN)ccc1F. The molecule has 2 aromatic rings. The van der Waals surface area contributed by atoms with E-state index in [1.807, 2.05) is 0 Å². The Morgan fingerprint density at radius 3 is 2.84 bits per heavy atom. The summed E-state index contributed by atoms with van der Waals surface area (Å²) in [7, 11) is 0. The van der Waals surface area contributed by atoms with Gasteiger partial charge in [-0.05, 0) is 42.8 Å². The number of rotatable bonds is 3. The molecular weight excluding hydrogens is 247 g/mol. The number of nitrogen functional groups attached to an aromatic ring is 1. The van der Waals surface area contributed by atoms with Crippen LogP contribution in [0.1, 0.15) is 15.9 Å². The van der Waals surface area contributed by atoms with Crippen molar-refractivity contribution in [2.24, 2.45) is 5.84 Å². The van der Waals surface area contributed by atoms with Crippen LogP contribution in [-0.2, 0) is 0 Å². The quantitative estimate of drug-likeness (QED) is 0.583. The van der Waals surface area contributed by atoms with E-state index in [2.05, 4.69) is 15.7 Å². The molecule has 4 N–H and O–H groups in total. The van der Waals surface area contributed by atoms with Gasteiger partial charge in [0.15, 0.2) is 5.82 Å². The molecule has 0 radical (unpaired) electrons. The number of nitrogens with two attached hydrogens (primary N) is 1. The number of anilines is 2. The number of carbonyl (C=O) groups is 1. The van der Waals surface area contributed by atoms with Gasteiger partial charge in [0.25, 0.3) is 5.91 Å². The van der Waals surface area contributed by atoms with Crippen molar-refractivity contribution in [2.45, 2.75) is 6.92 Å². The number of hydrogen-bond acceptors (Lipinski definition) is 4. The van der Waals surface area contributed by atoms with Gasteiger partial charge in [-0.2, -0.15) is 0 Å². The van der Waals surface area contributed by atoms with Crippen molar-refractivity contribution in [3.05, 3.63) is 53.5 Å². The molecule has 0 unspecified atom stereocenters. The minimum atomic E-state index is -0.368. The van der Waals surface area contributed by atoms with Gasteiger partial charge in [0.05, 0.1) is 5.56 Å². The number of aromatic nitrogens is 1. The van der Waals surface area contributed by atoms with Crippen molar-refractivity contribution in [1.82, 2.24) is 4.98 Å². The molecule has 6 heteroatoms. The van der Waals surface area contributed by atoms with E-state index in [9.17, 15) is 9.18 Å². The van der Waals surface area contributed by atoms with E-state index >= 15 is 0 Å². The summed E-state index contributed by atoms with van der Waals surface area (Å²) < 4.78 is 13.1. The second-order valence-corrected chi connectivity index (χ2v) is 3.96. The van der Waals surface area contributed by atoms with E-state index in [1.54, 1.807) is 25.1 Å². The lowest BCUT2D eigenvalue weighted by molar-refractivity contribution is 0.102. The van der Waals surface area contributed by atoms with Crippen molar-refractivity contribution in [3.8, 4) is 0 Å². The minimum Gasteiger partial charge on any atom is -0.322 e. The molecule has 19 heavy (non-hydrogen) atoms. The van der Waals surface area contributed by atoms with Crippen LogP contribution in [0.3, 0.4) is 0 Å². The van der Waals surface area contributed by atoms with Gasteiger partial charge in [-0.15, -0.1) is 0 Å². The fraction of sp³-hybridized carbons (Fsp3) is 0.0769. The third kappa shape index (κ3) is 2.86. The maximum Gasteiger partial charge on any atom is 0.259 e. The fourth-order valence-electron chi connectivity index (χ4n) is 1.62. The molecule has 1 heterocycles. The van der Waals surface area contributed by atoms with Gasteiger partial charge in [-0.25, -0.2) is 15.2 Å². The van der Waals surface area contributed by atoms with Gasteiger partial charge in [0, 0.05) is 11.9 Å². The lowest BCUT2D eigenvalue weighted by atomic mass is 10.2. The fourth-order valence-corrected chi connectivity index (χ4v) is 1.62. The zero-order valence-corrected chi connectivity index (χ0v) is 10.3. The molecule has 98 valence electrons. The monoisotopic (exact) mass is 260 g/mol. The molecule has 1 aromatic heterocycles. The number of carbonyl (C=O) groups excluding carboxylic acids is 1. The maximum atomic E-state index is 13.1. The molecule has 0 bridgehead atoms. The first-order chi connectivity index (χ1) is 9.11. The van der Waals surface area contributed by atoms with E-state index in [4.69, 9.17) is 5.84 Å². The van der Waals surface area contributed by atoms with Crippen molar-refractivity contribution in [3.63, 3.8) is 0 Å². The third-order valence-corrected chi connectivity index (χ3v) is 2.60. The highest BCUT2D eigenvalue weighted by Gasteiger charge is 2.12. The zero-order valence-electron chi connectivity index (χ0n) is 10.3. The summed E-state index contributed by atoms with van der Waals surface area (Å²) in [6.45, 7) is 1.63. The first-order valence-electron chi connectivity index (χ1n) is 5.61. The summed E-state index contributed by atoms with van der Waals surface area (Å²) >= 11 is 0. The van der Waals surface area contributed by atoms with Crippen molar-refractivity contribution >= 4 is 17.4 Å². The highest BCUT2D eigenvalue weighted by atomic mass is 19.1. The van der Waals surface area contributed by atoms with Gasteiger partial charge in [0.1, 0.15) is 5.82 Å². The predicted molar refractivity (Wildman–Crippen MR) is 71.1 cm³/mol. The number of nitrogens with zero attached hydrogens (tertiary/aromatic N) is 1. The van der Waals surface area contributed by atoms with Crippen molar-refractivity contribution < 1.29 is 9.18 Å². The van der Waals surface area contributed by atoms with Crippen LogP contribution in [0, 0.1) is 12.7 Å². The number of benzene rings is 1. The van der Waals surface area contributed by atoms with Crippen LogP contribution < -0.4 is 16.6 Å². The summed E-state index contributed by atoms with van der Waals surface area (Å²) in [4.78, 5) is 16.0. The highest BCUT2D eigenvalue weighted by molar-refractivity contribution is 6.07. The predicted octanol–water partition coefficient (Wildman–Crippen LogP) is 2.07. The largest absolute Gasteiger partial charge is 0.322 e. The van der Waals surface area contributed by atoms with Crippen LogP contribution in [0.2, 0.25) is 0 Å². The second kappa shape index (κ2) is 5.45. The normalized spacial score (nSPS) is 10.1. The summed E-state index contributed by atoms with van der Waals surface area (Å²) in [5, 5.41) is 2.66. The van der Waals surface area contributed by atoms with Crippen molar-refractivity contribution in [2.75, 3.05) is 10.7 Å². The van der Waals surface area contributed by atoms with Gasteiger partial charge in [-0.3, -0.25) is 4.79 Å². The van der Waals surface area contributed by atoms with Gasteiger partial charge < -0.3 is 10.7 Å². The second-order valence-electron chi connectivity index (χ2n) is 3.96. The molecule has 1 aromatic carbocycles. The van der Waals surface area contributed by atoms with E-state index in [-0.39, 0.29) is 17.5 Å². The Morgan fingerprint density at radius 1 is 1.37 bits per heavy atom. The number of aryl methyl sites for hydroxylation is 1. The smallest absolute Gasteiger partial charge is 0.259 e. The number of pyridine rings is 1. The number of hydrazine groups is 1.